The van der Waals surface area contributed by atoms with Crippen LogP contribution in [0.25, 0.3) is 11.1 Å². The van der Waals surface area contributed by atoms with Crippen LogP contribution in [0, 0.1) is 12.3 Å². The molecule has 0 aliphatic carbocycles. The Balaban J connectivity index is 1.90. The largest absolute Gasteiger partial charge is 0.481 e. The fourth-order valence-corrected chi connectivity index (χ4v) is 3.06. The monoisotopic (exact) mass is 338 g/mol. The van der Waals surface area contributed by atoms with Gasteiger partial charge in [0.05, 0.1) is 5.92 Å². The van der Waals surface area contributed by atoms with E-state index in [1.165, 1.54) is 0 Å². The first-order valence-electron chi connectivity index (χ1n) is 8.21. The molecular formula is C20H22N2O3. The number of oxazole rings is 1. The number of aliphatic carboxylic acids is 1. The van der Waals surface area contributed by atoms with E-state index >= 15 is 0 Å². The van der Waals surface area contributed by atoms with Gasteiger partial charge in [-0.2, -0.15) is 4.98 Å². The van der Waals surface area contributed by atoms with Crippen molar-refractivity contribution in [2.24, 2.45) is 5.41 Å². The van der Waals surface area contributed by atoms with Crippen LogP contribution in [-0.2, 0) is 4.79 Å². The molecular weight excluding hydrogens is 316 g/mol. The number of anilines is 2. The number of aryl methyl sites for hydroxylation is 1. The van der Waals surface area contributed by atoms with E-state index in [0.29, 0.717) is 6.01 Å². The van der Waals surface area contributed by atoms with E-state index in [2.05, 4.69) is 10.3 Å². The third kappa shape index (κ3) is 3.50. The number of rotatable bonds is 4. The summed E-state index contributed by atoms with van der Waals surface area (Å²) in [6, 6.07) is 13.6. The lowest BCUT2D eigenvalue weighted by atomic mass is 9.76. The highest BCUT2D eigenvalue weighted by molar-refractivity contribution is 5.78. The number of carbonyl (C=O) groups is 1. The molecule has 0 aliphatic heterocycles. The molecule has 0 fully saturated rings. The molecule has 1 heterocycles. The summed E-state index contributed by atoms with van der Waals surface area (Å²) in [5.74, 6) is -1.38. The molecule has 1 atom stereocenters. The summed E-state index contributed by atoms with van der Waals surface area (Å²) in [4.78, 5) is 16.1. The zero-order valence-corrected chi connectivity index (χ0v) is 14.8. The Hall–Kier alpha value is -2.82. The third-order valence-corrected chi connectivity index (χ3v) is 4.23. The minimum Gasteiger partial charge on any atom is -0.481 e. The van der Waals surface area contributed by atoms with Gasteiger partial charge in [0.15, 0.2) is 5.58 Å². The van der Waals surface area contributed by atoms with Gasteiger partial charge in [0.2, 0.25) is 0 Å². The molecule has 3 rings (SSSR count). The first-order chi connectivity index (χ1) is 11.8. The number of aromatic nitrogens is 1. The van der Waals surface area contributed by atoms with Gasteiger partial charge in [-0.1, -0.05) is 45.0 Å². The minimum atomic E-state index is -0.813. The van der Waals surface area contributed by atoms with Gasteiger partial charge in [0.1, 0.15) is 5.52 Å². The quantitative estimate of drug-likeness (QED) is 0.692. The Morgan fingerprint density at radius 1 is 1.20 bits per heavy atom. The molecule has 0 radical (unpaired) electrons. The van der Waals surface area contributed by atoms with Gasteiger partial charge in [-0.25, -0.2) is 0 Å². The molecule has 0 bridgehead atoms. The Labute approximate surface area is 146 Å². The van der Waals surface area contributed by atoms with E-state index in [9.17, 15) is 9.90 Å². The Kier molecular flexibility index (Phi) is 4.25. The Morgan fingerprint density at radius 2 is 1.92 bits per heavy atom. The SMILES string of the molecule is Cc1cc(C(C(=O)O)C(C)(C)C)ccc1Nc1nc2ccccc2o1. The van der Waals surface area contributed by atoms with Crippen LogP contribution in [0.1, 0.15) is 37.8 Å². The average Bonchev–Trinajstić information content (AvgIpc) is 2.90. The summed E-state index contributed by atoms with van der Waals surface area (Å²) >= 11 is 0. The standard InChI is InChI=1S/C20H22N2O3/c1-12-11-13(17(18(23)24)20(2,3)4)9-10-14(12)21-19-22-15-7-5-6-8-16(15)25-19/h5-11,17H,1-4H3,(H,21,22)(H,23,24). The number of hydrogen-bond donors (Lipinski definition) is 2. The molecule has 1 unspecified atom stereocenters. The van der Waals surface area contributed by atoms with Crippen LogP contribution in [-0.4, -0.2) is 16.1 Å². The predicted molar refractivity (Wildman–Crippen MR) is 98.3 cm³/mol. The van der Waals surface area contributed by atoms with E-state index in [1.54, 1.807) is 0 Å². The Bertz CT molecular complexity index is 889. The Morgan fingerprint density at radius 3 is 2.52 bits per heavy atom. The first kappa shape index (κ1) is 17.0. The molecule has 0 saturated carbocycles. The maximum absolute atomic E-state index is 11.7. The summed E-state index contributed by atoms with van der Waals surface area (Å²) in [7, 11) is 0. The molecule has 3 aromatic rings. The van der Waals surface area contributed by atoms with E-state index < -0.39 is 11.9 Å². The second-order valence-corrected chi connectivity index (χ2v) is 7.32. The van der Waals surface area contributed by atoms with Crippen LogP contribution in [0.2, 0.25) is 0 Å². The van der Waals surface area contributed by atoms with E-state index in [-0.39, 0.29) is 5.41 Å². The van der Waals surface area contributed by atoms with Gasteiger partial charge in [-0.3, -0.25) is 4.79 Å². The van der Waals surface area contributed by atoms with Crippen LogP contribution in [0.5, 0.6) is 0 Å². The highest BCUT2D eigenvalue weighted by Crippen LogP contribution is 2.37. The fourth-order valence-electron chi connectivity index (χ4n) is 3.06. The number of benzene rings is 2. The zero-order valence-electron chi connectivity index (χ0n) is 14.8. The van der Waals surface area contributed by atoms with Crippen molar-refractivity contribution < 1.29 is 14.3 Å². The molecule has 0 saturated heterocycles. The number of hydrogen-bond acceptors (Lipinski definition) is 4. The van der Waals surface area contributed by atoms with Gasteiger partial charge in [-0.15, -0.1) is 0 Å². The lowest BCUT2D eigenvalue weighted by molar-refractivity contribution is -0.141. The maximum atomic E-state index is 11.7. The summed E-state index contributed by atoms with van der Waals surface area (Å²) in [5.41, 5.74) is 3.72. The number of nitrogens with one attached hydrogen (secondary N) is 1. The summed E-state index contributed by atoms with van der Waals surface area (Å²) in [6.07, 6.45) is 0. The van der Waals surface area contributed by atoms with Gasteiger partial charge in [0, 0.05) is 5.69 Å². The van der Waals surface area contributed by atoms with Crippen LogP contribution >= 0.6 is 0 Å². The maximum Gasteiger partial charge on any atom is 0.311 e. The van der Waals surface area contributed by atoms with Crippen LogP contribution in [0.15, 0.2) is 46.9 Å². The zero-order chi connectivity index (χ0) is 18.2. The summed E-state index contributed by atoms with van der Waals surface area (Å²) < 4.78 is 5.68. The van der Waals surface area contributed by atoms with Gasteiger partial charge < -0.3 is 14.8 Å². The van der Waals surface area contributed by atoms with E-state index in [4.69, 9.17) is 4.42 Å². The highest BCUT2D eigenvalue weighted by Gasteiger charge is 2.32. The van der Waals surface area contributed by atoms with Crippen molar-refractivity contribution >= 4 is 28.8 Å². The van der Waals surface area contributed by atoms with Crippen molar-refractivity contribution in [1.82, 2.24) is 4.98 Å². The topological polar surface area (TPSA) is 75.4 Å². The third-order valence-electron chi connectivity index (χ3n) is 4.23. The van der Waals surface area contributed by atoms with Crippen LogP contribution in [0.4, 0.5) is 11.7 Å². The number of fused-ring (bicyclic) bond motifs is 1. The second kappa shape index (κ2) is 6.24. The first-order valence-corrected chi connectivity index (χ1v) is 8.21. The summed E-state index contributed by atoms with van der Waals surface area (Å²) in [6.45, 7) is 7.75. The van der Waals surface area contributed by atoms with Crippen molar-refractivity contribution in [3.63, 3.8) is 0 Å². The number of nitrogens with zero attached hydrogens (tertiary/aromatic N) is 1. The van der Waals surface area contributed by atoms with Crippen LogP contribution in [0.3, 0.4) is 0 Å². The van der Waals surface area contributed by atoms with Gasteiger partial charge in [-0.05, 0) is 41.7 Å². The molecule has 130 valence electrons. The molecule has 0 amide bonds. The molecule has 0 aliphatic rings. The van der Waals surface area contributed by atoms with E-state index in [1.807, 2.05) is 70.2 Å². The van der Waals surface area contributed by atoms with Crippen molar-refractivity contribution in [3.05, 3.63) is 53.6 Å². The molecule has 2 aromatic carbocycles. The summed E-state index contributed by atoms with van der Waals surface area (Å²) in [5, 5.41) is 12.8. The molecule has 5 heteroatoms. The lowest BCUT2D eigenvalue weighted by Gasteiger charge is -2.28. The van der Waals surface area contributed by atoms with Crippen molar-refractivity contribution in [2.45, 2.75) is 33.6 Å². The van der Waals surface area contributed by atoms with Gasteiger partial charge >= 0.3 is 5.97 Å². The molecule has 25 heavy (non-hydrogen) atoms. The molecule has 5 nitrogen and oxygen atoms in total. The number of carboxylic acids is 1. The number of carboxylic acid groups (broad SMARTS) is 1. The number of para-hydroxylation sites is 2. The lowest BCUT2D eigenvalue weighted by Crippen LogP contribution is -2.26. The van der Waals surface area contributed by atoms with Gasteiger partial charge in [0.25, 0.3) is 6.01 Å². The van der Waals surface area contributed by atoms with Crippen LogP contribution < -0.4 is 5.32 Å². The second-order valence-electron chi connectivity index (χ2n) is 7.32. The molecule has 2 N–H and O–H groups in total. The fraction of sp³-hybridized carbons (Fsp3) is 0.300. The molecule has 0 spiro atoms. The highest BCUT2D eigenvalue weighted by atomic mass is 16.4. The van der Waals surface area contributed by atoms with Crippen molar-refractivity contribution in [1.29, 1.82) is 0 Å². The van der Waals surface area contributed by atoms with Crippen molar-refractivity contribution in [2.75, 3.05) is 5.32 Å². The smallest absolute Gasteiger partial charge is 0.311 e. The predicted octanol–water partition coefficient (Wildman–Crippen LogP) is 5.09. The minimum absolute atomic E-state index is 0.368. The van der Waals surface area contributed by atoms with E-state index in [0.717, 1.165) is 27.9 Å². The normalized spacial score (nSPS) is 13.0. The average molecular weight is 338 g/mol. The van der Waals surface area contributed by atoms with Crippen molar-refractivity contribution in [3.8, 4) is 0 Å². The molecule has 1 aromatic heterocycles.